The van der Waals surface area contributed by atoms with Crippen LogP contribution in [-0.2, 0) is 14.8 Å². The van der Waals surface area contributed by atoms with Crippen LogP contribution in [0, 0.1) is 0 Å². The summed E-state index contributed by atoms with van der Waals surface area (Å²) < 4.78 is 37.1. The molecule has 0 bridgehead atoms. The van der Waals surface area contributed by atoms with Gasteiger partial charge in [-0.3, -0.25) is 9.10 Å². The second-order valence-electron chi connectivity index (χ2n) is 5.96. The van der Waals surface area contributed by atoms with E-state index in [9.17, 15) is 13.2 Å². The van der Waals surface area contributed by atoms with Gasteiger partial charge in [-0.25, -0.2) is 8.42 Å². The van der Waals surface area contributed by atoms with E-state index >= 15 is 0 Å². The Kier molecular flexibility index (Phi) is 6.40. The molecule has 0 spiro atoms. The van der Waals surface area contributed by atoms with Crippen LogP contribution in [0.1, 0.15) is 0 Å². The van der Waals surface area contributed by atoms with Crippen LogP contribution in [0.3, 0.4) is 0 Å². The Labute approximate surface area is 173 Å². The van der Waals surface area contributed by atoms with Crippen molar-refractivity contribution in [1.29, 1.82) is 0 Å². The summed E-state index contributed by atoms with van der Waals surface area (Å²) in [6, 6.07) is 16.7. The van der Waals surface area contributed by atoms with Gasteiger partial charge in [-0.1, -0.05) is 6.07 Å². The standard InChI is InChI=1S/C20H20N2O5S2/c1-22(29(24,25)20-4-3-13-28-20)16-7-11-18(12-8-16)27-14-19(23)21-15-5-9-17(26-2)10-6-15/h3-13H,14H2,1-2H3,(H,21,23). The zero-order valence-electron chi connectivity index (χ0n) is 15.9. The molecule has 0 aliphatic heterocycles. The molecule has 0 fully saturated rings. The summed E-state index contributed by atoms with van der Waals surface area (Å²) in [5, 5.41) is 4.44. The van der Waals surface area contributed by atoms with Crippen LogP contribution in [0.5, 0.6) is 11.5 Å². The SMILES string of the molecule is COc1ccc(NC(=O)COc2ccc(N(C)S(=O)(=O)c3cccs3)cc2)cc1. The van der Waals surface area contributed by atoms with Crippen molar-refractivity contribution in [2.75, 3.05) is 30.4 Å². The third kappa shape index (κ3) is 5.07. The lowest BCUT2D eigenvalue weighted by Crippen LogP contribution is -2.25. The van der Waals surface area contributed by atoms with E-state index in [4.69, 9.17) is 9.47 Å². The van der Waals surface area contributed by atoms with E-state index in [0.29, 0.717) is 22.9 Å². The number of hydrogen-bond donors (Lipinski definition) is 1. The monoisotopic (exact) mass is 432 g/mol. The molecule has 0 atom stereocenters. The minimum atomic E-state index is -3.59. The number of amides is 1. The third-order valence-electron chi connectivity index (χ3n) is 4.05. The molecule has 152 valence electrons. The van der Waals surface area contributed by atoms with E-state index in [-0.39, 0.29) is 16.7 Å². The molecule has 1 N–H and O–H groups in total. The molecule has 0 aliphatic rings. The molecule has 9 heteroatoms. The lowest BCUT2D eigenvalue weighted by atomic mass is 10.3. The molecule has 0 aliphatic carbocycles. The number of hydrogen-bond acceptors (Lipinski definition) is 6. The van der Waals surface area contributed by atoms with Crippen molar-refractivity contribution >= 4 is 38.6 Å². The van der Waals surface area contributed by atoms with Crippen LogP contribution in [-0.4, -0.2) is 35.1 Å². The molecule has 2 aromatic carbocycles. The topological polar surface area (TPSA) is 84.9 Å². The number of thiophene rings is 1. The summed E-state index contributed by atoms with van der Waals surface area (Å²) in [7, 11) is -0.524. The van der Waals surface area contributed by atoms with Gasteiger partial charge in [-0.05, 0) is 60.0 Å². The highest BCUT2D eigenvalue weighted by Crippen LogP contribution is 2.26. The van der Waals surface area contributed by atoms with Crippen molar-refractivity contribution in [3.05, 3.63) is 66.0 Å². The lowest BCUT2D eigenvalue weighted by molar-refractivity contribution is -0.118. The number of anilines is 2. The van der Waals surface area contributed by atoms with Gasteiger partial charge in [-0.2, -0.15) is 0 Å². The first-order valence-electron chi connectivity index (χ1n) is 8.59. The fraction of sp³-hybridized carbons (Fsp3) is 0.150. The number of ether oxygens (including phenoxy) is 2. The fourth-order valence-corrected chi connectivity index (χ4v) is 4.81. The third-order valence-corrected chi connectivity index (χ3v) is 7.21. The maximum Gasteiger partial charge on any atom is 0.273 e. The van der Waals surface area contributed by atoms with E-state index in [1.54, 1.807) is 73.2 Å². The molecule has 0 saturated carbocycles. The van der Waals surface area contributed by atoms with Gasteiger partial charge < -0.3 is 14.8 Å². The second kappa shape index (κ2) is 8.97. The van der Waals surface area contributed by atoms with E-state index in [1.807, 2.05) is 0 Å². The van der Waals surface area contributed by atoms with Gasteiger partial charge in [-0.15, -0.1) is 11.3 Å². The number of methoxy groups -OCH3 is 1. The average molecular weight is 433 g/mol. The number of nitrogens with zero attached hydrogens (tertiary/aromatic N) is 1. The molecule has 3 aromatic rings. The van der Waals surface area contributed by atoms with Crippen molar-refractivity contribution in [2.45, 2.75) is 4.21 Å². The van der Waals surface area contributed by atoms with Gasteiger partial charge >= 0.3 is 0 Å². The normalized spacial score (nSPS) is 11.0. The highest BCUT2D eigenvalue weighted by molar-refractivity contribution is 7.94. The minimum Gasteiger partial charge on any atom is -0.497 e. The van der Waals surface area contributed by atoms with Gasteiger partial charge in [0, 0.05) is 12.7 Å². The molecule has 0 radical (unpaired) electrons. The summed E-state index contributed by atoms with van der Waals surface area (Å²) in [6.45, 7) is -0.172. The van der Waals surface area contributed by atoms with Gasteiger partial charge in [0.15, 0.2) is 6.61 Å². The Hall–Kier alpha value is -3.04. The predicted octanol–water partition coefficient (Wildman–Crippen LogP) is 3.60. The van der Waals surface area contributed by atoms with Crippen molar-refractivity contribution < 1.29 is 22.7 Å². The molecule has 29 heavy (non-hydrogen) atoms. The van der Waals surface area contributed by atoms with Crippen LogP contribution < -0.4 is 19.1 Å². The van der Waals surface area contributed by atoms with E-state index in [2.05, 4.69) is 5.32 Å². The lowest BCUT2D eigenvalue weighted by Gasteiger charge is -2.18. The van der Waals surface area contributed by atoms with Gasteiger partial charge in [0.05, 0.1) is 12.8 Å². The smallest absolute Gasteiger partial charge is 0.273 e. The Morgan fingerprint density at radius 3 is 2.28 bits per heavy atom. The summed E-state index contributed by atoms with van der Waals surface area (Å²) in [6.07, 6.45) is 0. The molecule has 0 unspecified atom stereocenters. The van der Waals surface area contributed by atoms with Gasteiger partial charge in [0.25, 0.3) is 15.9 Å². The van der Waals surface area contributed by atoms with E-state index in [0.717, 1.165) is 11.3 Å². The molecule has 1 aromatic heterocycles. The number of nitrogens with one attached hydrogen (secondary N) is 1. The molecular formula is C20H20N2O5S2. The number of benzene rings is 2. The van der Waals surface area contributed by atoms with Crippen molar-refractivity contribution in [1.82, 2.24) is 0 Å². The van der Waals surface area contributed by atoms with Crippen LogP contribution in [0.15, 0.2) is 70.3 Å². The molecule has 7 nitrogen and oxygen atoms in total. The maximum atomic E-state index is 12.6. The summed E-state index contributed by atoms with van der Waals surface area (Å²) in [4.78, 5) is 12.0. The molecular weight excluding hydrogens is 412 g/mol. The Bertz CT molecular complexity index is 1050. The first-order chi connectivity index (χ1) is 13.9. The zero-order valence-corrected chi connectivity index (χ0v) is 17.5. The van der Waals surface area contributed by atoms with Crippen molar-refractivity contribution in [3.63, 3.8) is 0 Å². The zero-order chi connectivity index (χ0) is 20.9. The summed E-state index contributed by atoms with van der Waals surface area (Å²) in [5.41, 5.74) is 1.13. The van der Waals surface area contributed by atoms with Crippen LogP contribution in [0.4, 0.5) is 11.4 Å². The van der Waals surface area contributed by atoms with Crippen molar-refractivity contribution in [3.8, 4) is 11.5 Å². The largest absolute Gasteiger partial charge is 0.497 e. The Morgan fingerprint density at radius 2 is 1.69 bits per heavy atom. The second-order valence-corrected chi connectivity index (χ2v) is 9.11. The van der Waals surface area contributed by atoms with Crippen LogP contribution in [0.2, 0.25) is 0 Å². The first-order valence-corrected chi connectivity index (χ1v) is 10.9. The Morgan fingerprint density at radius 1 is 1.03 bits per heavy atom. The maximum absolute atomic E-state index is 12.6. The molecule has 1 amide bonds. The van der Waals surface area contributed by atoms with Gasteiger partial charge in [0.1, 0.15) is 15.7 Å². The Balaban J connectivity index is 1.56. The summed E-state index contributed by atoms with van der Waals surface area (Å²) in [5.74, 6) is 0.850. The van der Waals surface area contributed by atoms with E-state index in [1.165, 1.54) is 11.4 Å². The number of carbonyl (C=O) groups is 1. The predicted molar refractivity (Wildman–Crippen MR) is 113 cm³/mol. The van der Waals surface area contributed by atoms with E-state index < -0.39 is 10.0 Å². The highest BCUT2D eigenvalue weighted by Gasteiger charge is 2.22. The molecule has 3 rings (SSSR count). The van der Waals surface area contributed by atoms with Crippen molar-refractivity contribution in [2.24, 2.45) is 0 Å². The average Bonchev–Trinajstić information content (AvgIpc) is 3.28. The fourth-order valence-electron chi connectivity index (χ4n) is 2.46. The molecule has 1 heterocycles. The number of carbonyl (C=O) groups excluding carboxylic acids is 1. The highest BCUT2D eigenvalue weighted by atomic mass is 32.2. The first kappa shape index (κ1) is 20.7. The summed E-state index contributed by atoms with van der Waals surface area (Å²) >= 11 is 1.16. The van der Waals surface area contributed by atoms with Crippen LogP contribution >= 0.6 is 11.3 Å². The number of sulfonamides is 1. The minimum absolute atomic E-state index is 0.172. The number of rotatable bonds is 8. The quantitative estimate of drug-likeness (QED) is 0.588. The van der Waals surface area contributed by atoms with Gasteiger partial charge in [0.2, 0.25) is 0 Å². The molecule has 0 saturated heterocycles. The van der Waals surface area contributed by atoms with Crippen LogP contribution in [0.25, 0.3) is 0 Å².